The number of ether oxygens (including phenoxy) is 2. The van der Waals surface area contributed by atoms with Gasteiger partial charge in [0.15, 0.2) is 0 Å². The zero-order valence-electron chi connectivity index (χ0n) is 9.99. The fourth-order valence-corrected chi connectivity index (χ4v) is 1.26. The highest BCUT2D eigenvalue weighted by Gasteiger charge is 2.01. The Labute approximate surface area is 96.6 Å². The van der Waals surface area contributed by atoms with E-state index in [1.54, 1.807) is 12.1 Å². The molecule has 0 aliphatic rings. The van der Waals surface area contributed by atoms with Crippen molar-refractivity contribution in [2.45, 2.75) is 26.9 Å². The summed E-state index contributed by atoms with van der Waals surface area (Å²) in [6.07, 6.45) is 0.218. The Balaban J connectivity index is 2.50. The molecule has 0 fully saturated rings. The summed E-state index contributed by atoms with van der Waals surface area (Å²) in [6, 6.07) is 7.52. The van der Waals surface area contributed by atoms with Crippen LogP contribution in [0.15, 0.2) is 18.2 Å². The van der Waals surface area contributed by atoms with Crippen molar-refractivity contribution < 1.29 is 9.47 Å². The first-order valence-electron chi connectivity index (χ1n) is 5.38. The van der Waals surface area contributed by atoms with Gasteiger partial charge in [-0.3, -0.25) is 0 Å². The van der Waals surface area contributed by atoms with Crippen LogP contribution in [0, 0.1) is 18.3 Å². The van der Waals surface area contributed by atoms with Crippen LogP contribution in [0.25, 0.3) is 0 Å². The molecule has 0 heterocycles. The summed E-state index contributed by atoms with van der Waals surface area (Å²) in [5.74, 6) is 0.756. The molecule has 0 saturated carbocycles. The lowest BCUT2D eigenvalue weighted by Crippen LogP contribution is -2.11. The summed E-state index contributed by atoms with van der Waals surface area (Å²) < 4.78 is 10.9. The molecule has 0 spiro atoms. The lowest BCUT2D eigenvalue weighted by molar-refractivity contribution is 0.0551. The van der Waals surface area contributed by atoms with Crippen molar-refractivity contribution >= 4 is 0 Å². The summed E-state index contributed by atoms with van der Waals surface area (Å²) >= 11 is 0. The molecule has 0 bridgehead atoms. The van der Waals surface area contributed by atoms with Crippen LogP contribution in [0.4, 0.5) is 0 Å². The second kappa shape index (κ2) is 6.14. The van der Waals surface area contributed by atoms with E-state index < -0.39 is 0 Å². The van der Waals surface area contributed by atoms with Crippen LogP contribution in [0.5, 0.6) is 5.75 Å². The third-order valence-corrected chi connectivity index (χ3v) is 2.11. The van der Waals surface area contributed by atoms with Gasteiger partial charge in [-0.05, 0) is 38.5 Å². The molecule has 3 nitrogen and oxygen atoms in total. The van der Waals surface area contributed by atoms with Crippen molar-refractivity contribution in [3.05, 3.63) is 29.3 Å². The highest BCUT2D eigenvalue weighted by atomic mass is 16.5. The van der Waals surface area contributed by atoms with Crippen molar-refractivity contribution in [1.82, 2.24) is 0 Å². The smallest absolute Gasteiger partial charge is 0.123 e. The van der Waals surface area contributed by atoms with Gasteiger partial charge in [0.05, 0.1) is 24.3 Å². The largest absolute Gasteiger partial charge is 0.491 e. The van der Waals surface area contributed by atoms with E-state index >= 15 is 0 Å². The number of nitrogens with zero attached hydrogens (tertiary/aromatic N) is 1. The normalized spacial score (nSPS) is 10.2. The van der Waals surface area contributed by atoms with E-state index in [1.165, 1.54) is 0 Å². The first-order chi connectivity index (χ1) is 7.63. The fourth-order valence-electron chi connectivity index (χ4n) is 1.26. The number of benzene rings is 1. The molecule has 0 aliphatic heterocycles. The molecule has 0 radical (unpaired) electrons. The van der Waals surface area contributed by atoms with Crippen molar-refractivity contribution in [2.75, 3.05) is 13.2 Å². The van der Waals surface area contributed by atoms with Gasteiger partial charge in [-0.15, -0.1) is 0 Å². The topological polar surface area (TPSA) is 42.2 Å². The Morgan fingerprint density at radius 1 is 1.31 bits per heavy atom. The molecular weight excluding hydrogens is 202 g/mol. The lowest BCUT2D eigenvalue weighted by Gasteiger charge is -2.11. The van der Waals surface area contributed by atoms with E-state index in [0.717, 1.165) is 11.3 Å². The highest BCUT2D eigenvalue weighted by Crippen LogP contribution is 2.18. The second-order valence-corrected chi connectivity index (χ2v) is 3.86. The maximum atomic E-state index is 8.77. The van der Waals surface area contributed by atoms with Gasteiger partial charge in [0.25, 0.3) is 0 Å². The molecule has 1 rings (SSSR count). The first kappa shape index (κ1) is 12.5. The van der Waals surface area contributed by atoms with Gasteiger partial charge in [-0.25, -0.2) is 0 Å². The summed E-state index contributed by atoms with van der Waals surface area (Å²) in [4.78, 5) is 0. The molecule has 1 aromatic rings. The van der Waals surface area contributed by atoms with Crippen molar-refractivity contribution in [2.24, 2.45) is 0 Å². The third-order valence-electron chi connectivity index (χ3n) is 2.11. The molecule has 16 heavy (non-hydrogen) atoms. The molecule has 86 valence electrons. The minimum absolute atomic E-state index is 0.218. The van der Waals surface area contributed by atoms with Crippen molar-refractivity contribution in [3.63, 3.8) is 0 Å². The zero-order chi connectivity index (χ0) is 12.0. The molecule has 0 aliphatic carbocycles. The standard InChI is InChI=1S/C13H17NO2/c1-10(2)15-6-7-16-13-8-12(9-14)5-4-11(13)3/h4-5,8,10H,6-7H2,1-3H3. The number of hydrogen-bond donors (Lipinski definition) is 0. The molecule has 0 unspecified atom stereocenters. The Hall–Kier alpha value is -1.53. The van der Waals surface area contributed by atoms with Gasteiger partial charge < -0.3 is 9.47 Å². The van der Waals surface area contributed by atoms with E-state index in [9.17, 15) is 0 Å². The summed E-state index contributed by atoms with van der Waals surface area (Å²) in [6.45, 7) is 7.00. The van der Waals surface area contributed by atoms with Gasteiger partial charge >= 0.3 is 0 Å². The van der Waals surface area contributed by atoms with E-state index in [2.05, 4.69) is 6.07 Å². The first-order valence-corrected chi connectivity index (χ1v) is 5.38. The molecule has 1 aromatic carbocycles. The van der Waals surface area contributed by atoms with E-state index in [-0.39, 0.29) is 6.10 Å². The number of rotatable bonds is 5. The number of hydrogen-bond acceptors (Lipinski definition) is 3. The van der Waals surface area contributed by atoms with Crippen LogP contribution in [0.2, 0.25) is 0 Å². The van der Waals surface area contributed by atoms with Crippen LogP contribution in [0.3, 0.4) is 0 Å². The average Bonchev–Trinajstić information content (AvgIpc) is 2.26. The summed E-state index contributed by atoms with van der Waals surface area (Å²) in [5, 5.41) is 8.77. The SMILES string of the molecule is Cc1ccc(C#N)cc1OCCOC(C)C. The van der Waals surface area contributed by atoms with Crippen molar-refractivity contribution in [3.8, 4) is 11.8 Å². The molecule has 0 atom stereocenters. The van der Waals surface area contributed by atoms with Gasteiger partial charge in [-0.1, -0.05) is 6.07 Å². The summed E-state index contributed by atoms with van der Waals surface area (Å²) in [5.41, 5.74) is 1.65. The lowest BCUT2D eigenvalue weighted by atomic mass is 10.1. The Morgan fingerprint density at radius 2 is 2.06 bits per heavy atom. The minimum Gasteiger partial charge on any atom is -0.491 e. The van der Waals surface area contributed by atoms with Crippen LogP contribution in [0.1, 0.15) is 25.0 Å². The quantitative estimate of drug-likeness (QED) is 0.715. The van der Waals surface area contributed by atoms with Crippen LogP contribution >= 0.6 is 0 Å². The van der Waals surface area contributed by atoms with E-state index in [0.29, 0.717) is 18.8 Å². The molecular formula is C13H17NO2. The zero-order valence-corrected chi connectivity index (χ0v) is 9.99. The van der Waals surface area contributed by atoms with Gasteiger partial charge in [-0.2, -0.15) is 5.26 Å². The van der Waals surface area contributed by atoms with Gasteiger partial charge in [0, 0.05) is 0 Å². The van der Waals surface area contributed by atoms with Crippen LogP contribution in [-0.2, 0) is 4.74 Å². The number of nitriles is 1. The third kappa shape index (κ3) is 3.92. The molecule has 0 aromatic heterocycles. The Kier molecular flexibility index (Phi) is 4.81. The van der Waals surface area contributed by atoms with Gasteiger partial charge in [0.2, 0.25) is 0 Å². The van der Waals surface area contributed by atoms with Gasteiger partial charge in [0.1, 0.15) is 12.4 Å². The average molecular weight is 219 g/mol. The van der Waals surface area contributed by atoms with E-state index in [4.69, 9.17) is 14.7 Å². The maximum absolute atomic E-state index is 8.77. The second-order valence-electron chi connectivity index (χ2n) is 3.86. The number of aryl methyl sites for hydroxylation is 1. The van der Waals surface area contributed by atoms with Crippen LogP contribution < -0.4 is 4.74 Å². The predicted molar refractivity (Wildman–Crippen MR) is 62.5 cm³/mol. The highest BCUT2D eigenvalue weighted by molar-refractivity contribution is 5.41. The molecule has 0 N–H and O–H groups in total. The molecule has 0 saturated heterocycles. The van der Waals surface area contributed by atoms with Crippen molar-refractivity contribution in [1.29, 1.82) is 5.26 Å². The van der Waals surface area contributed by atoms with E-state index in [1.807, 2.05) is 26.8 Å². The monoisotopic (exact) mass is 219 g/mol. The maximum Gasteiger partial charge on any atom is 0.123 e. The minimum atomic E-state index is 0.218. The molecule has 0 amide bonds. The Morgan fingerprint density at radius 3 is 2.69 bits per heavy atom. The van der Waals surface area contributed by atoms with Crippen LogP contribution in [-0.4, -0.2) is 19.3 Å². The fraction of sp³-hybridized carbons (Fsp3) is 0.462. The Bertz CT molecular complexity index is 380. The molecule has 3 heteroatoms. The summed E-state index contributed by atoms with van der Waals surface area (Å²) in [7, 11) is 0. The predicted octanol–water partition coefficient (Wildman–Crippen LogP) is 2.67.